The van der Waals surface area contributed by atoms with Crippen LogP contribution in [0.5, 0.6) is 5.88 Å². The molecule has 0 fully saturated rings. The van der Waals surface area contributed by atoms with Gasteiger partial charge in [0.2, 0.25) is 5.88 Å². The van der Waals surface area contributed by atoms with Gasteiger partial charge in [0.05, 0.1) is 23.7 Å². The number of hydrogen-bond donors (Lipinski definition) is 0. The van der Waals surface area contributed by atoms with Crippen molar-refractivity contribution in [3.05, 3.63) is 69.2 Å². The second-order valence-electron chi connectivity index (χ2n) is 8.68. The van der Waals surface area contributed by atoms with Crippen LogP contribution >= 0.6 is 34.8 Å². The van der Waals surface area contributed by atoms with Gasteiger partial charge in [-0.05, 0) is 69.2 Å². The van der Waals surface area contributed by atoms with E-state index in [1.54, 1.807) is 12.1 Å². The summed E-state index contributed by atoms with van der Waals surface area (Å²) in [7, 11) is 0. The predicted molar refractivity (Wildman–Crippen MR) is 133 cm³/mol. The van der Waals surface area contributed by atoms with Gasteiger partial charge in [0.15, 0.2) is 0 Å². The Hall–Kier alpha value is -2.27. The summed E-state index contributed by atoms with van der Waals surface area (Å²) in [6, 6.07) is 14.9. The van der Waals surface area contributed by atoms with Gasteiger partial charge in [-0.3, -0.25) is 4.79 Å². The molecule has 0 spiro atoms. The fourth-order valence-corrected chi connectivity index (χ4v) is 4.86. The maximum Gasteiger partial charge on any atom is 0.306 e. The number of halogens is 3. The van der Waals surface area contributed by atoms with Crippen molar-refractivity contribution in [2.75, 3.05) is 6.61 Å². The van der Waals surface area contributed by atoms with E-state index in [4.69, 9.17) is 49.3 Å². The van der Waals surface area contributed by atoms with Gasteiger partial charge >= 0.3 is 5.97 Å². The van der Waals surface area contributed by atoms with E-state index in [1.165, 1.54) is 0 Å². The Balaban J connectivity index is 1.92. The summed E-state index contributed by atoms with van der Waals surface area (Å²) in [5, 5.41) is 1.67. The standard InChI is InChI=1S/C26H24Cl3NO3/c1-4-32-23(31)11-16-14-26(2,3)33-25-21(16)13-20(15-5-7-17(27)8-6-15)24(30-25)19-10-9-18(28)12-22(19)29/h5-10,12-13,16H,4,11,14H2,1-3H3. The lowest BCUT2D eigenvalue weighted by molar-refractivity contribution is -0.143. The van der Waals surface area contributed by atoms with Crippen molar-refractivity contribution in [1.29, 1.82) is 0 Å². The second kappa shape index (κ2) is 9.54. The molecule has 0 bridgehead atoms. The van der Waals surface area contributed by atoms with Crippen LogP contribution in [-0.2, 0) is 9.53 Å². The normalized spacial score (nSPS) is 16.6. The van der Waals surface area contributed by atoms with Gasteiger partial charge in [0.25, 0.3) is 0 Å². The molecule has 0 radical (unpaired) electrons. The van der Waals surface area contributed by atoms with Crippen LogP contribution in [-0.4, -0.2) is 23.2 Å². The molecular weight excluding hydrogens is 481 g/mol. The minimum Gasteiger partial charge on any atom is -0.471 e. The van der Waals surface area contributed by atoms with Crippen molar-refractivity contribution in [1.82, 2.24) is 4.98 Å². The second-order valence-corrected chi connectivity index (χ2v) is 9.96. The Kier molecular flexibility index (Phi) is 6.90. The van der Waals surface area contributed by atoms with Crippen molar-refractivity contribution < 1.29 is 14.3 Å². The summed E-state index contributed by atoms with van der Waals surface area (Å²) in [6.45, 7) is 6.15. The molecule has 0 N–H and O–H groups in total. The molecule has 4 rings (SSSR count). The highest BCUT2D eigenvalue weighted by Gasteiger charge is 2.37. The summed E-state index contributed by atoms with van der Waals surface area (Å²) in [6.07, 6.45) is 0.929. The van der Waals surface area contributed by atoms with Crippen LogP contribution < -0.4 is 4.74 Å². The van der Waals surface area contributed by atoms with E-state index >= 15 is 0 Å². The number of fused-ring (bicyclic) bond motifs is 1. The average molecular weight is 505 g/mol. The Morgan fingerprint density at radius 3 is 2.42 bits per heavy atom. The molecule has 2 heterocycles. The molecule has 0 saturated carbocycles. The summed E-state index contributed by atoms with van der Waals surface area (Å²) >= 11 is 18.8. The lowest BCUT2D eigenvalue weighted by Gasteiger charge is -2.37. The molecule has 4 nitrogen and oxygen atoms in total. The van der Waals surface area contributed by atoms with Crippen LogP contribution in [0, 0.1) is 0 Å². The molecule has 33 heavy (non-hydrogen) atoms. The van der Waals surface area contributed by atoms with E-state index in [9.17, 15) is 4.79 Å². The molecule has 1 atom stereocenters. The fraction of sp³-hybridized carbons (Fsp3) is 0.308. The zero-order valence-corrected chi connectivity index (χ0v) is 20.9. The summed E-state index contributed by atoms with van der Waals surface area (Å²) in [5.74, 6) is 0.180. The highest BCUT2D eigenvalue weighted by Crippen LogP contribution is 2.46. The van der Waals surface area contributed by atoms with Crippen molar-refractivity contribution >= 4 is 40.8 Å². The number of hydrogen-bond acceptors (Lipinski definition) is 4. The molecule has 1 aliphatic rings. The molecule has 3 aromatic rings. The summed E-state index contributed by atoms with van der Waals surface area (Å²) in [4.78, 5) is 17.3. The highest BCUT2D eigenvalue weighted by atomic mass is 35.5. The average Bonchev–Trinajstić information content (AvgIpc) is 2.73. The van der Waals surface area contributed by atoms with E-state index in [-0.39, 0.29) is 18.3 Å². The van der Waals surface area contributed by atoms with Crippen molar-refractivity contribution in [3.63, 3.8) is 0 Å². The third kappa shape index (κ3) is 5.29. The monoisotopic (exact) mass is 503 g/mol. The van der Waals surface area contributed by atoms with Gasteiger partial charge in [-0.2, -0.15) is 0 Å². The molecule has 0 aliphatic carbocycles. The van der Waals surface area contributed by atoms with Crippen molar-refractivity contribution in [2.24, 2.45) is 0 Å². The van der Waals surface area contributed by atoms with E-state index in [1.807, 2.05) is 57.2 Å². The number of benzene rings is 2. The molecular formula is C26H24Cl3NO3. The number of carbonyl (C=O) groups is 1. The maximum atomic E-state index is 12.4. The van der Waals surface area contributed by atoms with Crippen molar-refractivity contribution in [2.45, 2.75) is 45.1 Å². The first kappa shape index (κ1) is 23.9. The van der Waals surface area contributed by atoms with E-state index in [0.29, 0.717) is 39.7 Å². The zero-order chi connectivity index (χ0) is 23.8. The molecule has 2 aromatic carbocycles. The van der Waals surface area contributed by atoms with Gasteiger partial charge in [-0.15, -0.1) is 0 Å². The lowest BCUT2D eigenvalue weighted by atomic mass is 9.82. The Morgan fingerprint density at radius 1 is 1.06 bits per heavy atom. The minimum atomic E-state index is -0.486. The van der Waals surface area contributed by atoms with E-state index in [2.05, 4.69) is 0 Å². The van der Waals surface area contributed by atoms with E-state index < -0.39 is 5.60 Å². The number of aromatic nitrogens is 1. The molecule has 172 valence electrons. The van der Waals surface area contributed by atoms with Crippen molar-refractivity contribution in [3.8, 4) is 28.3 Å². The number of ether oxygens (including phenoxy) is 2. The Bertz CT molecular complexity index is 1190. The molecule has 1 aromatic heterocycles. The van der Waals surface area contributed by atoms with Crippen LogP contribution in [0.25, 0.3) is 22.4 Å². The predicted octanol–water partition coefficient (Wildman–Crippen LogP) is 7.97. The number of pyridine rings is 1. The van der Waals surface area contributed by atoms with Crippen LogP contribution in [0.1, 0.15) is 45.1 Å². The third-order valence-corrected chi connectivity index (χ3v) is 6.43. The van der Waals surface area contributed by atoms with Crippen LogP contribution in [0.2, 0.25) is 15.1 Å². The number of esters is 1. The lowest BCUT2D eigenvalue weighted by Crippen LogP contribution is -2.36. The third-order valence-electron chi connectivity index (χ3n) is 5.63. The van der Waals surface area contributed by atoms with Gasteiger partial charge in [-0.1, -0.05) is 46.9 Å². The molecule has 1 aliphatic heterocycles. The number of carbonyl (C=O) groups excluding carboxylic acids is 1. The number of nitrogens with zero attached hydrogens (tertiary/aromatic N) is 1. The zero-order valence-electron chi connectivity index (χ0n) is 18.6. The first-order valence-corrected chi connectivity index (χ1v) is 11.9. The SMILES string of the molecule is CCOC(=O)CC1CC(C)(C)Oc2nc(-c3ccc(Cl)cc3Cl)c(-c3ccc(Cl)cc3)cc21. The molecule has 7 heteroatoms. The van der Waals surface area contributed by atoms with Crippen LogP contribution in [0.4, 0.5) is 0 Å². The van der Waals surface area contributed by atoms with Crippen LogP contribution in [0.15, 0.2) is 48.5 Å². The largest absolute Gasteiger partial charge is 0.471 e. The summed E-state index contributed by atoms with van der Waals surface area (Å²) < 4.78 is 11.5. The number of rotatable bonds is 5. The molecule has 0 amide bonds. The Labute approximate surface area is 208 Å². The van der Waals surface area contributed by atoms with Crippen LogP contribution in [0.3, 0.4) is 0 Å². The fourth-order valence-electron chi connectivity index (χ4n) is 4.23. The van der Waals surface area contributed by atoms with Gasteiger partial charge in [-0.25, -0.2) is 4.98 Å². The smallest absolute Gasteiger partial charge is 0.306 e. The van der Waals surface area contributed by atoms with E-state index in [0.717, 1.165) is 22.3 Å². The molecule has 0 saturated heterocycles. The summed E-state index contributed by atoms with van der Waals surface area (Å²) in [5.41, 5.74) is 3.59. The first-order valence-electron chi connectivity index (χ1n) is 10.8. The highest BCUT2D eigenvalue weighted by molar-refractivity contribution is 6.36. The Morgan fingerprint density at radius 2 is 1.76 bits per heavy atom. The quantitative estimate of drug-likeness (QED) is 0.331. The topological polar surface area (TPSA) is 48.4 Å². The van der Waals surface area contributed by atoms with Gasteiger partial charge in [0, 0.05) is 32.7 Å². The van der Waals surface area contributed by atoms with Gasteiger partial charge in [0.1, 0.15) is 5.60 Å². The molecule has 1 unspecified atom stereocenters. The maximum absolute atomic E-state index is 12.4. The van der Waals surface area contributed by atoms with Gasteiger partial charge < -0.3 is 9.47 Å². The minimum absolute atomic E-state index is 0.0870. The first-order chi connectivity index (χ1) is 15.7.